The zero-order valence-corrected chi connectivity index (χ0v) is 14.5. The summed E-state index contributed by atoms with van der Waals surface area (Å²) < 4.78 is 11.1. The zero-order valence-electron chi connectivity index (χ0n) is 14.5. The molecular formula is C19H25NO5. The van der Waals surface area contributed by atoms with E-state index in [1.54, 1.807) is 12.0 Å². The Bertz CT molecular complexity index is 626. The van der Waals surface area contributed by atoms with Crippen molar-refractivity contribution < 1.29 is 24.2 Å². The fourth-order valence-electron chi connectivity index (χ4n) is 3.93. The van der Waals surface area contributed by atoms with Gasteiger partial charge in [0.05, 0.1) is 25.2 Å². The summed E-state index contributed by atoms with van der Waals surface area (Å²) >= 11 is 0. The summed E-state index contributed by atoms with van der Waals surface area (Å²) in [6.07, 6.45) is 3.58. The number of likely N-dealkylation sites (tertiary alicyclic amines) is 1. The molecule has 2 saturated heterocycles. The molecule has 3 unspecified atom stereocenters. The molecule has 2 aliphatic heterocycles. The molecule has 0 bridgehead atoms. The fraction of sp³-hybridized carbons (Fsp3) is 0.579. The molecule has 0 radical (unpaired) electrons. The summed E-state index contributed by atoms with van der Waals surface area (Å²) in [5.41, 5.74) is 0.762. The molecule has 3 atom stereocenters. The maximum Gasteiger partial charge on any atom is 0.308 e. The first-order valence-electron chi connectivity index (χ1n) is 8.88. The minimum absolute atomic E-state index is 0.00593. The van der Waals surface area contributed by atoms with Gasteiger partial charge in [-0.3, -0.25) is 9.59 Å². The van der Waals surface area contributed by atoms with E-state index in [9.17, 15) is 14.7 Å². The maximum absolute atomic E-state index is 12.6. The molecule has 0 spiro atoms. The summed E-state index contributed by atoms with van der Waals surface area (Å²) in [4.78, 5) is 26.2. The number of benzene rings is 1. The molecule has 2 fully saturated rings. The average molecular weight is 347 g/mol. The van der Waals surface area contributed by atoms with Crippen molar-refractivity contribution in [3.8, 4) is 5.75 Å². The first kappa shape index (κ1) is 17.7. The lowest BCUT2D eigenvalue weighted by atomic mass is 9.83. The van der Waals surface area contributed by atoms with E-state index in [1.807, 2.05) is 24.3 Å². The predicted octanol–water partition coefficient (Wildman–Crippen LogP) is 2.63. The summed E-state index contributed by atoms with van der Waals surface area (Å²) in [6, 6.07) is 6.87. The molecule has 136 valence electrons. The molecule has 1 N–H and O–H groups in total. The van der Waals surface area contributed by atoms with Crippen LogP contribution in [0.4, 0.5) is 0 Å². The van der Waals surface area contributed by atoms with Crippen molar-refractivity contribution >= 4 is 11.9 Å². The van der Waals surface area contributed by atoms with Crippen molar-refractivity contribution in [2.24, 2.45) is 5.92 Å². The number of hydrogen-bond acceptors (Lipinski definition) is 4. The van der Waals surface area contributed by atoms with Crippen LogP contribution in [0.3, 0.4) is 0 Å². The smallest absolute Gasteiger partial charge is 0.308 e. The Morgan fingerprint density at radius 1 is 1.36 bits per heavy atom. The lowest BCUT2D eigenvalue weighted by Crippen LogP contribution is -2.46. The number of amides is 1. The fourth-order valence-corrected chi connectivity index (χ4v) is 3.93. The van der Waals surface area contributed by atoms with Crippen molar-refractivity contribution in [3.05, 3.63) is 29.8 Å². The number of carbonyl (C=O) groups is 2. The van der Waals surface area contributed by atoms with E-state index in [4.69, 9.17) is 9.47 Å². The third-order valence-electron chi connectivity index (χ3n) is 5.20. The second-order valence-electron chi connectivity index (χ2n) is 6.68. The molecule has 25 heavy (non-hydrogen) atoms. The summed E-state index contributed by atoms with van der Waals surface area (Å²) in [5, 5.41) is 9.71. The molecule has 0 aromatic heterocycles. The number of para-hydroxylation sites is 1. The van der Waals surface area contributed by atoms with Crippen LogP contribution in [0.5, 0.6) is 5.75 Å². The van der Waals surface area contributed by atoms with E-state index in [0.29, 0.717) is 18.7 Å². The largest absolute Gasteiger partial charge is 0.496 e. The predicted molar refractivity (Wildman–Crippen MR) is 91.4 cm³/mol. The normalized spacial score (nSPS) is 26.7. The number of carboxylic acid groups (broad SMARTS) is 1. The molecule has 0 aliphatic carbocycles. The number of piperidine rings is 1. The van der Waals surface area contributed by atoms with Crippen LogP contribution in [0.25, 0.3) is 0 Å². The summed E-state index contributed by atoms with van der Waals surface area (Å²) in [7, 11) is 1.57. The molecule has 1 amide bonds. The highest BCUT2D eigenvalue weighted by Gasteiger charge is 2.42. The van der Waals surface area contributed by atoms with Gasteiger partial charge in [-0.1, -0.05) is 18.2 Å². The second kappa shape index (κ2) is 7.87. The van der Waals surface area contributed by atoms with Crippen LogP contribution in [0.1, 0.15) is 43.7 Å². The van der Waals surface area contributed by atoms with Crippen LogP contribution in [0.2, 0.25) is 0 Å². The van der Waals surface area contributed by atoms with E-state index in [0.717, 1.165) is 31.4 Å². The van der Waals surface area contributed by atoms with Crippen LogP contribution in [-0.2, 0) is 14.3 Å². The van der Waals surface area contributed by atoms with Crippen LogP contribution >= 0.6 is 0 Å². The quantitative estimate of drug-likeness (QED) is 0.856. The van der Waals surface area contributed by atoms with Gasteiger partial charge < -0.3 is 19.5 Å². The highest BCUT2D eigenvalue weighted by Crippen LogP contribution is 2.41. The van der Waals surface area contributed by atoms with E-state index in [-0.39, 0.29) is 18.4 Å². The Morgan fingerprint density at radius 2 is 2.16 bits per heavy atom. The van der Waals surface area contributed by atoms with Gasteiger partial charge in [0.2, 0.25) is 5.91 Å². The molecule has 6 heteroatoms. The number of hydrogen-bond donors (Lipinski definition) is 1. The van der Waals surface area contributed by atoms with Gasteiger partial charge in [0.1, 0.15) is 5.75 Å². The standard InChI is InChI=1S/C19H25NO5/c1-24-16-7-3-2-6-14(16)18-15(19(22)23)8-9-17(21)20(18)11-10-13-5-4-12-25-13/h2-3,6-7,13,15,18H,4-5,8-12H2,1H3,(H,22,23). The number of carbonyl (C=O) groups excluding carboxylic acids is 1. The first-order valence-corrected chi connectivity index (χ1v) is 8.88. The summed E-state index contributed by atoms with van der Waals surface area (Å²) in [6.45, 7) is 1.28. The highest BCUT2D eigenvalue weighted by molar-refractivity contribution is 5.82. The first-order chi connectivity index (χ1) is 12.1. The Morgan fingerprint density at radius 3 is 2.84 bits per heavy atom. The van der Waals surface area contributed by atoms with Crippen molar-refractivity contribution in [2.45, 2.75) is 44.2 Å². The molecule has 6 nitrogen and oxygen atoms in total. The van der Waals surface area contributed by atoms with Crippen LogP contribution in [-0.4, -0.2) is 48.2 Å². The van der Waals surface area contributed by atoms with Crippen molar-refractivity contribution in [1.29, 1.82) is 0 Å². The second-order valence-corrected chi connectivity index (χ2v) is 6.68. The van der Waals surface area contributed by atoms with Crippen molar-refractivity contribution in [1.82, 2.24) is 4.90 Å². The van der Waals surface area contributed by atoms with Crippen molar-refractivity contribution in [3.63, 3.8) is 0 Å². The molecule has 2 heterocycles. The van der Waals surface area contributed by atoms with Gasteiger partial charge >= 0.3 is 5.97 Å². The molecule has 3 rings (SSSR count). The Hall–Kier alpha value is -2.08. The third-order valence-corrected chi connectivity index (χ3v) is 5.20. The Labute approximate surface area is 147 Å². The zero-order chi connectivity index (χ0) is 17.8. The van der Waals surface area contributed by atoms with Gasteiger partial charge in [0.15, 0.2) is 0 Å². The Kier molecular flexibility index (Phi) is 5.58. The van der Waals surface area contributed by atoms with Gasteiger partial charge in [-0.05, 0) is 31.7 Å². The lowest BCUT2D eigenvalue weighted by molar-refractivity contribution is -0.152. The average Bonchev–Trinajstić information content (AvgIpc) is 3.13. The SMILES string of the molecule is COc1ccccc1C1C(C(=O)O)CCC(=O)N1CCC1CCCO1. The van der Waals surface area contributed by atoms with Crippen LogP contribution < -0.4 is 4.74 Å². The number of aliphatic carboxylic acids is 1. The van der Waals surface area contributed by atoms with Gasteiger partial charge in [-0.15, -0.1) is 0 Å². The number of rotatable bonds is 6. The highest BCUT2D eigenvalue weighted by atomic mass is 16.5. The minimum atomic E-state index is -0.870. The number of ether oxygens (including phenoxy) is 2. The molecular weight excluding hydrogens is 322 g/mol. The lowest BCUT2D eigenvalue weighted by Gasteiger charge is -2.40. The third kappa shape index (κ3) is 3.79. The minimum Gasteiger partial charge on any atom is -0.496 e. The molecule has 0 saturated carbocycles. The maximum atomic E-state index is 12.6. The van der Waals surface area contributed by atoms with Crippen molar-refractivity contribution in [2.75, 3.05) is 20.3 Å². The van der Waals surface area contributed by atoms with E-state index in [1.165, 1.54) is 0 Å². The number of carboxylic acids is 1. The number of methoxy groups -OCH3 is 1. The molecule has 1 aromatic carbocycles. The number of nitrogens with zero attached hydrogens (tertiary/aromatic N) is 1. The summed E-state index contributed by atoms with van der Waals surface area (Å²) in [5.74, 6) is -0.869. The van der Waals surface area contributed by atoms with E-state index in [2.05, 4.69) is 0 Å². The van der Waals surface area contributed by atoms with Gasteiger partial charge in [-0.25, -0.2) is 0 Å². The van der Waals surface area contributed by atoms with Gasteiger partial charge in [-0.2, -0.15) is 0 Å². The van der Waals surface area contributed by atoms with Crippen LogP contribution in [0.15, 0.2) is 24.3 Å². The van der Waals surface area contributed by atoms with Gasteiger partial charge in [0.25, 0.3) is 0 Å². The van der Waals surface area contributed by atoms with Crippen LogP contribution in [0, 0.1) is 5.92 Å². The Balaban J connectivity index is 1.89. The monoisotopic (exact) mass is 347 g/mol. The topological polar surface area (TPSA) is 76.1 Å². The van der Waals surface area contributed by atoms with E-state index < -0.39 is 17.9 Å². The molecule has 1 aromatic rings. The van der Waals surface area contributed by atoms with E-state index >= 15 is 0 Å². The van der Waals surface area contributed by atoms with Gasteiger partial charge in [0, 0.05) is 25.1 Å². The molecule has 2 aliphatic rings.